The van der Waals surface area contributed by atoms with Crippen LogP contribution >= 0.6 is 11.6 Å². The molecule has 2 heterocycles. The number of pyridine rings is 1. The number of hydrogen-bond acceptors (Lipinski definition) is 3. The third-order valence-corrected chi connectivity index (χ3v) is 2.43. The predicted octanol–water partition coefficient (Wildman–Crippen LogP) is 2.16. The molecular formula is C9H9ClF2N2O. The van der Waals surface area contributed by atoms with E-state index in [1.807, 2.05) is 4.90 Å². The second-order valence-corrected chi connectivity index (χ2v) is 3.65. The van der Waals surface area contributed by atoms with Crippen molar-refractivity contribution in [1.29, 1.82) is 0 Å². The van der Waals surface area contributed by atoms with E-state index < -0.39 is 12.7 Å². The zero-order chi connectivity index (χ0) is 10.8. The third kappa shape index (κ3) is 2.54. The highest BCUT2D eigenvalue weighted by molar-refractivity contribution is 6.29. The number of hydrogen-bond donors (Lipinski definition) is 0. The van der Waals surface area contributed by atoms with Crippen LogP contribution < -0.4 is 4.90 Å². The van der Waals surface area contributed by atoms with Crippen LogP contribution in [0.25, 0.3) is 0 Å². The van der Waals surface area contributed by atoms with Gasteiger partial charge in [0.25, 0.3) is 0 Å². The Morgan fingerprint density at radius 1 is 1.53 bits per heavy atom. The average Bonchev–Trinajstić information content (AvgIpc) is 2.10. The van der Waals surface area contributed by atoms with Crippen LogP contribution in [0.3, 0.4) is 0 Å². The molecule has 1 aliphatic rings. The van der Waals surface area contributed by atoms with Crippen LogP contribution in [0, 0.1) is 0 Å². The maximum absolute atomic E-state index is 11.8. The number of halogens is 3. The van der Waals surface area contributed by atoms with Gasteiger partial charge in [0.05, 0.1) is 6.10 Å². The Bertz CT molecular complexity index is 345. The Morgan fingerprint density at radius 2 is 2.27 bits per heavy atom. The number of alkyl halides is 2. The first-order valence-electron chi connectivity index (χ1n) is 4.45. The molecule has 1 aromatic heterocycles. The van der Waals surface area contributed by atoms with Crippen LogP contribution in [0.15, 0.2) is 18.3 Å². The molecule has 0 atom stereocenters. The van der Waals surface area contributed by atoms with Crippen LogP contribution in [0.5, 0.6) is 0 Å². The summed E-state index contributed by atoms with van der Waals surface area (Å²) < 4.78 is 28.0. The van der Waals surface area contributed by atoms with Crippen LogP contribution in [0.1, 0.15) is 0 Å². The molecule has 1 fully saturated rings. The van der Waals surface area contributed by atoms with E-state index in [0.29, 0.717) is 18.2 Å². The molecule has 1 aromatic rings. The molecule has 0 aromatic carbocycles. The van der Waals surface area contributed by atoms with Gasteiger partial charge in [-0.2, -0.15) is 8.78 Å². The summed E-state index contributed by atoms with van der Waals surface area (Å²) in [6, 6.07) is 3.48. The first-order chi connectivity index (χ1) is 7.15. The standard InChI is InChI=1S/C9H9ClF2N2O/c10-8-3-6(1-2-13-8)14-4-7(5-14)15-9(11)12/h1-3,7,9H,4-5H2. The summed E-state index contributed by atoms with van der Waals surface area (Å²) in [6.45, 7) is -1.77. The van der Waals surface area contributed by atoms with Crippen LogP contribution in [0.2, 0.25) is 5.15 Å². The van der Waals surface area contributed by atoms with Crippen molar-refractivity contribution in [3.8, 4) is 0 Å². The van der Waals surface area contributed by atoms with Gasteiger partial charge in [-0.1, -0.05) is 11.6 Å². The van der Waals surface area contributed by atoms with Crippen molar-refractivity contribution in [2.24, 2.45) is 0 Å². The monoisotopic (exact) mass is 234 g/mol. The fraction of sp³-hybridized carbons (Fsp3) is 0.444. The van der Waals surface area contributed by atoms with E-state index in [1.54, 1.807) is 18.3 Å². The van der Waals surface area contributed by atoms with E-state index in [2.05, 4.69) is 9.72 Å². The van der Waals surface area contributed by atoms with Crippen molar-refractivity contribution in [3.05, 3.63) is 23.5 Å². The lowest BCUT2D eigenvalue weighted by atomic mass is 10.1. The largest absolute Gasteiger partial charge is 0.366 e. The van der Waals surface area contributed by atoms with E-state index in [-0.39, 0.29) is 0 Å². The van der Waals surface area contributed by atoms with Crippen molar-refractivity contribution in [2.75, 3.05) is 18.0 Å². The minimum atomic E-state index is -2.70. The topological polar surface area (TPSA) is 25.4 Å². The molecule has 0 amide bonds. The van der Waals surface area contributed by atoms with Crippen molar-refractivity contribution >= 4 is 17.3 Å². The molecular weight excluding hydrogens is 226 g/mol. The normalized spacial score (nSPS) is 16.9. The van der Waals surface area contributed by atoms with E-state index in [0.717, 1.165) is 5.69 Å². The van der Waals surface area contributed by atoms with Crippen molar-refractivity contribution in [2.45, 2.75) is 12.7 Å². The average molecular weight is 235 g/mol. The highest BCUT2D eigenvalue weighted by Crippen LogP contribution is 2.24. The number of anilines is 1. The lowest BCUT2D eigenvalue weighted by Crippen LogP contribution is -2.53. The first kappa shape index (κ1) is 10.6. The summed E-state index contributed by atoms with van der Waals surface area (Å²) >= 11 is 5.70. The Balaban J connectivity index is 1.89. The summed E-state index contributed by atoms with van der Waals surface area (Å²) in [5, 5.41) is 0.394. The second kappa shape index (κ2) is 4.28. The summed E-state index contributed by atoms with van der Waals surface area (Å²) in [5.74, 6) is 0. The van der Waals surface area contributed by atoms with Gasteiger partial charge in [-0.15, -0.1) is 0 Å². The van der Waals surface area contributed by atoms with Gasteiger partial charge in [-0.05, 0) is 12.1 Å². The van der Waals surface area contributed by atoms with Gasteiger partial charge in [-0.3, -0.25) is 0 Å². The van der Waals surface area contributed by atoms with E-state index >= 15 is 0 Å². The SMILES string of the molecule is FC(F)OC1CN(c2ccnc(Cl)c2)C1. The van der Waals surface area contributed by atoms with Gasteiger partial charge in [0.2, 0.25) is 0 Å². The van der Waals surface area contributed by atoms with Gasteiger partial charge in [0.1, 0.15) is 5.15 Å². The minimum Gasteiger partial charge on any atom is -0.366 e. The minimum absolute atomic E-state index is 0.392. The number of aromatic nitrogens is 1. The molecule has 15 heavy (non-hydrogen) atoms. The first-order valence-corrected chi connectivity index (χ1v) is 4.83. The second-order valence-electron chi connectivity index (χ2n) is 3.26. The summed E-state index contributed by atoms with van der Waals surface area (Å²) in [5.41, 5.74) is 0.879. The molecule has 0 bridgehead atoms. The Labute approximate surface area is 90.6 Å². The maximum atomic E-state index is 11.8. The quantitative estimate of drug-likeness (QED) is 0.750. The smallest absolute Gasteiger partial charge is 0.345 e. The molecule has 82 valence electrons. The number of nitrogens with zero attached hydrogens (tertiary/aromatic N) is 2. The molecule has 0 unspecified atom stereocenters. The number of rotatable bonds is 3. The van der Waals surface area contributed by atoms with Crippen LogP contribution in [0.4, 0.5) is 14.5 Å². The Morgan fingerprint density at radius 3 is 2.87 bits per heavy atom. The molecule has 2 rings (SSSR count). The van der Waals surface area contributed by atoms with Gasteiger partial charge in [0, 0.05) is 25.0 Å². The number of ether oxygens (including phenoxy) is 1. The molecule has 6 heteroatoms. The predicted molar refractivity (Wildman–Crippen MR) is 52.3 cm³/mol. The lowest BCUT2D eigenvalue weighted by molar-refractivity contribution is -0.167. The van der Waals surface area contributed by atoms with Crippen LogP contribution in [-0.2, 0) is 4.74 Å². The Hall–Kier alpha value is -0.940. The zero-order valence-electron chi connectivity index (χ0n) is 7.74. The van der Waals surface area contributed by atoms with Gasteiger partial charge in [-0.25, -0.2) is 4.98 Å². The highest BCUT2D eigenvalue weighted by atomic mass is 35.5. The Kier molecular flexibility index (Phi) is 3.02. The molecule has 3 nitrogen and oxygen atoms in total. The van der Waals surface area contributed by atoms with E-state index in [9.17, 15) is 8.78 Å². The van der Waals surface area contributed by atoms with Crippen LogP contribution in [-0.4, -0.2) is 30.8 Å². The van der Waals surface area contributed by atoms with Gasteiger partial charge >= 0.3 is 6.61 Å². The molecule has 1 aliphatic heterocycles. The molecule has 0 radical (unpaired) electrons. The molecule has 0 N–H and O–H groups in total. The van der Waals surface area contributed by atoms with Gasteiger partial charge in [0.15, 0.2) is 0 Å². The fourth-order valence-corrected chi connectivity index (χ4v) is 1.64. The zero-order valence-corrected chi connectivity index (χ0v) is 8.49. The van der Waals surface area contributed by atoms with E-state index in [1.165, 1.54) is 0 Å². The highest BCUT2D eigenvalue weighted by Gasteiger charge is 2.30. The maximum Gasteiger partial charge on any atom is 0.345 e. The van der Waals surface area contributed by atoms with Crippen molar-refractivity contribution < 1.29 is 13.5 Å². The molecule has 1 saturated heterocycles. The summed E-state index contributed by atoms with van der Waals surface area (Å²) in [6.07, 6.45) is 1.19. The summed E-state index contributed by atoms with van der Waals surface area (Å²) in [7, 11) is 0. The van der Waals surface area contributed by atoms with Crippen molar-refractivity contribution in [3.63, 3.8) is 0 Å². The van der Waals surface area contributed by atoms with Gasteiger partial charge < -0.3 is 9.64 Å². The molecule has 0 aliphatic carbocycles. The third-order valence-electron chi connectivity index (χ3n) is 2.22. The molecule has 0 saturated carbocycles. The molecule has 0 spiro atoms. The van der Waals surface area contributed by atoms with E-state index in [4.69, 9.17) is 11.6 Å². The lowest BCUT2D eigenvalue weighted by Gasteiger charge is -2.40. The van der Waals surface area contributed by atoms with Crippen molar-refractivity contribution in [1.82, 2.24) is 4.98 Å². The summed E-state index contributed by atoms with van der Waals surface area (Å²) in [4.78, 5) is 5.74. The fourth-order valence-electron chi connectivity index (χ4n) is 1.47.